The Balaban J connectivity index is 2.42. The number of ether oxygens (including phenoxy) is 1. The summed E-state index contributed by atoms with van der Waals surface area (Å²) < 4.78 is 6.72. The molecule has 2 N–H and O–H groups in total. The minimum absolute atomic E-state index is 0.481. The summed E-state index contributed by atoms with van der Waals surface area (Å²) in [5, 5.41) is 9.12. The van der Waals surface area contributed by atoms with Crippen LogP contribution in [0.1, 0.15) is 11.1 Å². The topological polar surface area (TPSA) is 59.0 Å². The molecule has 0 spiro atoms. The number of anilines is 1. The van der Waals surface area contributed by atoms with Crippen LogP contribution in [0.15, 0.2) is 53.5 Å². The van der Waals surface area contributed by atoms with Crippen molar-refractivity contribution in [2.24, 2.45) is 0 Å². The lowest BCUT2D eigenvalue weighted by molar-refractivity contribution is 0.476. The third-order valence-corrected chi connectivity index (χ3v) is 3.23. The molecule has 0 heterocycles. The number of benzene rings is 2. The number of nitriles is 1. The maximum Gasteiger partial charge on any atom is 0.146 e. The third kappa shape index (κ3) is 3.19. The van der Waals surface area contributed by atoms with Crippen LogP contribution in [0, 0.1) is 11.3 Å². The molecule has 0 atom stereocenters. The van der Waals surface area contributed by atoms with E-state index < -0.39 is 0 Å². The highest BCUT2D eigenvalue weighted by Crippen LogP contribution is 2.31. The zero-order chi connectivity index (χ0) is 14.5. The lowest BCUT2D eigenvalue weighted by atomic mass is 10.1. The van der Waals surface area contributed by atoms with Crippen molar-refractivity contribution >= 4 is 21.6 Å². The molecule has 100 valence electrons. The van der Waals surface area contributed by atoms with Crippen LogP contribution in [0.2, 0.25) is 0 Å². The zero-order valence-corrected chi connectivity index (χ0v) is 12.4. The number of rotatable bonds is 4. The lowest BCUT2D eigenvalue weighted by Gasteiger charge is -2.12. The first-order chi connectivity index (χ1) is 9.63. The van der Waals surface area contributed by atoms with Crippen molar-refractivity contribution in [3.05, 3.63) is 64.7 Å². The molecule has 0 saturated heterocycles. The number of allylic oxidation sites excluding steroid dienone is 1. The van der Waals surface area contributed by atoms with Crippen LogP contribution in [0.25, 0.3) is 0 Å². The van der Waals surface area contributed by atoms with Gasteiger partial charge >= 0.3 is 0 Å². The van der Waals surface area contributed by atoms with E-state index in [2.05, 4.69) is 28.6 Å². The first-order valence-corrected chi connectivity index (χ1v) is 6.80. The van der Waals surface area contributed by atoms with Gasteiger partial charge in [-0.1, -0.05) is 22.0 Å². The van der Waals surface area contributed by atoms with Gasteiger partial charge in [0.05, 0.1) is 5.56 Å². The molecule has 0 bridgehead atoms. The SMILES string of the molecule is C=CCc1cc(N)ccc1Oc1cc(Br)ccc1C#N. The number of nitrogens with zero attached hydrogens (tertiary/aromatic N) is 1. The number of nitrogens with two attached hydrogens (primary N) is 1. The van der Waals surface area contributed by atoms with Gasteiger partial charge in [-0.25, -0.2) is 0 Å². The van der Waals surface area contributed by atoms with E-state index in [1.54, 1.807) is 36.4 Å². The van der Waals surface area contributed by atoms with Crippen molar-refractivity contribution in [1.29, 1.82) is 5.26 Å². The molecular formula is C16H13BrN2O. The summed E-state index contributed by atoms with van der Waals surface area (Å²) in [6.45, 7) is 3.73. The van der Waals surface area contributed by atoms with Crippen molar-refractivity contribution in [2.75, 3.05) is 5.73 Å². The van der Waals surface area contributed by atoms with Gasteiger partial charge in [-0.2, -0.15) is 5.26 Å². The Labute approximate surface area is 126 Å². The van der Waals surface area contributed by atoms with Crippen LogP contribution in [-0.2, 0) is 6.42 Å². The van der Waals surface area contributed by atoms with Crippen LogP contribution in [-0.4, -0.2) is 0 Å². The minimum atomic E-state index is 0.481. The van der Waals surface area contributed by atoms with Crippen LogP contribution in [0.4, 0.5) is 5.69 Å². The highest BCUT2D eigenvalue weighted by atomic mass is 79.9. The smallest absolute Gasteiger partial charge is 0.146 e. The second-order valence-electron chi connectivity index (χ2n) is 4.21. The molecule has 0 fully saturated rings. The zero-order valence-electron chi connectivity index (χ0n) is 10.8. The second-order valence-corrected chi connectivity index (χ2v) is 5.13. The maximum absolute atomic E-state index is 9.12. The van der Waals surface area contributed by atoms with Crippen LogP contribution >= 0.6 is 15.9 Å². The largest absolute Gasteiger partial charge is 0.456 e. The Bertz CT molecular complexity index is 689. The Morgan fingerprint density at radius 2 is 2.05 bits per heavy atom. The molecule has 0 aromatic heterocycles. The summed E-state index contributed by atoms with van der Waals surface area (Å²) in [6, 6.07) is 12.8. The third-order valence-electron chi connectivity index (χ3n) is 2.73. The first kappa shape index (κ1) is 14.2. The number of halogens is 1. The molecule has 0 aliphatic carbocycles. The predicted molar refractivity (Wildman–Crippen MR) is 83.7 cm³/mol. The summed E-state index contributed by atoms with van der Waals surface area (Å²) in [6.07, 6.45) is 2.43. The molecule has 4 heteroatoms. The lowest BCUT2D eigenvalue weighted by Crippen LogP contribution is -1.95. The van der Waals surface area contributed by atoms with E-state index in [0.717, 1.165) is 10.0 Å². The fourth-order valence-electron chi connectivity index (χ4n) is 1.81. The van der Waals surface area contributed by atoms with Crippen molar-refractivity contribution < 1.29 is 4.74 Å². The van der Waals surface area contributed by atoms with Gasteiger partial charge in [0, 0.05) is 15.7 Å². The highest BCUT2D eigenvalue weighted by Gasteiger charge is 2.09. The quantitative estimate of drug-likeness (QED) is 0.667. The van der Waals surface area contributed by atoms with E-state index in [9.17, 15) is 0 Å². The molecule has 2 aromatic carbocycles. The van der Waals surface area contributed by atoms with Crippen molar-refractivity contribution in [1.82, 2.24) is 0 Å². The van der Waals surface area contributed by atoms with Gasteiger partial charge < -0.3 is 10.5 Å². The monoisotopic (exact) mass is 328 g/mol. The van der Waals surface area contributed by atoms with Gasteiger partial charge in [0.2, 0.25) is 0 Å². The molecule has 2 aromatic rings. The predicted octanol–water partition coefficient (Wildman–Crippen LogP) is 4.42. The molecule has 0 amide bonds. The molecule has 20 heavy (non-hydrogen) atoms. The van der Waals surface area contributed by atoms with E-state index in [0.29, 0.717) is 29.2 Å². The molecule has 0 saturated carbocycles. The molecule has 3 nitrogen and oxygen atoms in total. The normalized spacial score (nSPS) is 9.80. The highest BCUT2D eigenvalue weighted by molar-refractivity contribution is 9.10. The summed E-state index contributed by atoms with van der Waals surface area (Å²) in [5.74, 6) is 1.19. The Kier molecular flexibility index (Phi) is 4.44. The van der Waals surface area contributed by atoms with Gasteiger partial charge in [0.15, 0.2) is 0 Å². The van der Waals surface area contributed by atoms with E-state index in [4.69, 9.17) is 15.7 Å². The number of hydrogen-bond donors (Lipinski definition) is 1. The standard InChI is InChI=1S/C16H13BrN2O/c1-2-3-11-8-14(19)6-7-15(11)20-16-9-13(17)5-4-12(16)10-18/h2,4-9H,1,3,19H2. The molecular weight excluding hydrogens is 316 g/mol. The second kappa shape index (κ2) is 6.27. The Hall–Kier alpha value is -2.25. The molecule has 0 radical (unpaired) electrons. The van der Waals surface area contributed by atoms with E-state index >= 15 is 0 Å². The fourth-order valence-corrected chi connectivity index (χ4v) is 2.15. The average molecular weight is 329 g/mol. The average Bonchev–Trinajstić information content (AvgIpc) is 2.42. The molecule has 0 aliphatic heterocycles. The van der Waals surface area contributed by atoms with Crippen molar-refractivity contribution in [3.63, 3.8) is 0 Å². The molecule has 0 unspecified atom stereocenters. The number of hydrogen-bond acceptors (Lipinski definition) is 3. The molecule has 0 aliphatic rings. The summed E-state index contributed by atoms with van der Waals surface area (Å²) >= 11 is 3.37. The van der Waals surface area contributed by atoms with Crippen LogP contribution < -0.4 is 10.5 Å². The van der Waals surface area contributed by atoms with E-state index in [1.807, 2.05) is 6.07 Å². The summed E-state index contributed by atoms with van der Waals surface area (Å²) in [4.78, 5) is 0. The molecule has 2 rings (SSSR count). The van der Waals surface area contributed by atoms with Crippen molar-refractivity contribution in [2.45, 2.75) is 6.42 Å². The van der Waals surface area contributed by atoms with Gasteiger partial charge in [-0.3, -0.25) is 0 Å². The van der Waals surface area contributed by atoms with Crippen LogP contribution in [0.5, 0.6) is 11.5 Å². The first-order valence-electron chi connectivity index (χ1n) is 6.01. The van der Waals surface area contributed by atoms with Gasteiger partial charge in [-0.05, 0) is 42.8 Å². The van der Waals surface area contributed by atoms with Gasteiger partial charge in [-0.15, -0.1) is 6.58 Å². The Morgan fingerprint density at radius 3 is 2.75 bits per heavy atom. The minimum Gasteiger partial charge on any atom is -0.456 e. The van der Waals surface area contributed by atoms with Gasteiger partial charge in [0.1, 0.15) is 17.6 Å². The Morgan fingerprint density at radius 1 is 1.25 bits per heavy atom. The summed E-state index contributed by atoms with van der Waals surface area (Å²) in [7, 11) is 0. The fraction of sp³-hybridized carbons (Fsp3) is 0.0625. The van der Waals surface area contributed by atoms with Crippen LogP contribution in [0.3, 0.4) is 0 Å². The van der Waals surface area contributed by atoms with E-state index in [-0.39, 0.29) is 0 Å². The van der Waals surface area contributed by atoms with Crippen molar-refractivity contribution in [3.8, 4) is 17.6 Å². The maximum atomic E-state index is 9.12. The summed E-state index contributed by atoms with van der Waals surface area (Å²) in [5.41, 5.74) is 7.87. The number of nitrogen functional groups attached to an aromatic ring is 1. The van der Waals surface area contributed by atoms with E-state index in [1.165, 1.54) is 0 Å². The van der Waals surface area contributed by atoms with Gasteiger partial charge in [0.25, 0.3) is 0 Å².